The van der Waals surface area contributed by atoms with Crippen molar-refractivity contribution >= 4 is 17.5 Å². The van der Waals surface area contributed by atoms with Gasteiger partial charge in [0.25, 0.3) is 5.91 Å². The fraction of sp³-hybridized carbons (Fsp3) is 0.0800. The maximum atomic E-state index is 15.0. The highest BCUT2D eigenvalue weighted by Crippen LogP contribution is 2.38. The number of halogens is 1. The monoisotopic (exact) mass is 441 g/mol. The van der Waals surface area contributed by atoms with Crippen LogP contribution in [0.15, 0.2) is 90.1 Å². The largest absolute Gasteiger partial charge is 0.508 e. The molecule has 5 rings (SSSR count). The molecule has 8 heteroatoms. The normalized spacial score (nSPS) is 15.0. The molecule has 164 valence electrons. The fourth-order valence-electron chi connectivity index (χ4n) is 3.92. The van der Waals surface area contributed by atoms with Gasteiger partial charge in [-0.25, -0.2) is 9.07 Å². The summed E-state index contributed by atoms with van der Waals surface area (Å²) < 4.78 is 16.5. The SMILES string of the molecule is CC1=C(C(=O)Nc2ccccc2)C(c2ccccc2F)n2nc(-c3cccc(O)c3)nc2N1. The lowest BCUT2D eigenvalue weighted by Gasteiger charge is -2.28. The third kappa shape index (κ3) is 3.82. The molecule has 1 atom stereocenters. The molecule has 1 aliphatic rings. The van der Waals surface area contributed by atoms with Crippen LogP contribution in [0.25, 0.3) is 11.4 Å². The third-order valence-corrected chi connectivity index (χ3v) is 5.43. The number of nitrogens with one attached hydrogen (secondary N) is 2. The van der Waals surface area contributed by atoms with Crippen LogP contribution < -0.4 is 10.6 Å². The lowest BCUT2D eigenvalue weighted by Crippen LogP contribution is -2.32. The van der Waals surface area contributed by atoms with Gasteiger partial charge >= 0.3 is 0 Å². The van der Waals surface area contributed by atoms with Crippen molar-refractivity contribution in [1.29, 1.82) is 0 Å². The van der Waals surface area contributed by atoms with Gasteiger partial charge in [-0.3, -0.25) is 4.79 Å². The second kappa shape index (κ2) is 8.23. The van der Waals surface area contributed by atoms with Crippen molar-refractivity contribution in [3.8, 4) is 17.1 Å². The van der Waals surface area contributed by atoms with Crippen molar-refractivity contribution in [3.63, 3.8) is 0 Å². The minimum Gasteiger partial charge on any atom is -0.508 e. The van der Waals surface area contributed by atoms with Crippen molar-refractivity contribution in [2.75, 3.05) is 10.6 Å². The van der Waals surface area contributed by atoms with E-state index in [-0.39, 0.29) is 11.7 Å². The first-order chi connectivity index (χ1) is 16.0. The van der Waals surface area contributed by atoms with Gasteiger partial charge < -0.3 is 15.7 Å². The molecule has 0 bridgehead atoms. The molecule has 0 spiro atoms. The zero-order valence-corrected chi connectivity index (χ0v) is 17.7. The lowest BCUT2D eigenvalue weighted by atomic mass is 9.94. The molecule has 2 heterocycles. The van der Waals surface area contributed by atoms with E-state index in [1.165, 1.54) is 10.7 Å². The number of allylic oxidation sites excluding steroid dienone is 1. The predicted octanol–water partition coefficient (Wildman–Crippen LogP) is 4.72. The second-order valence-electron chi connectivity index (χ2n) is 7.66. The standard InChI is InChI=1S/C25H20FN5O2/c1-15-21(24(33)28-17-9-3-2-4-10-17)22(19-12-5-6-13-20(19)26)31-25(27-15)29-23(30-31)16-8-7-11-18(32)14-16/h2-14,22,32H,1H3,(H,28,33)(H,27,29,30). The maximum Gasteiger partial charge on any atom is 0.255 e. The summed E-state index contributed by atoms with van der Waals surface area (Å²) in [5.74, 6) is -0.0409. The molecule has 3 N–H and O–H groups in total. The summed E-state index contributed by atoms with van der Waals surface area (Å²) in [5, 5.41) is 20.4. The summed E-state index contributed by atoms with van der Waals surface area (Å²) in [7, 11) is 0. The molecule has 3 aromatic carbocycles. The number of aromatic nitrogens is 3. The van der Waals surface area contributed by atoms with Gasteiger partial charge in [0.1, 0.15) is 17.6 Å². The number of rotatable bonds is 4. The quantitative estimate of drug-likeness (QED) is 0.426. The van der Waals surface area contributed by atoms with Crippen LogP contribution in [0.1, 0.15) is 18.5 Å². The Labute approximate surface area is 189 Å². The van der Waals surface area contributed by atoms with Crippen molar-refractivity contribution in [2.24, 2.45) is 0 Å². The Balaban J connectivity index is 1.63. The van der Waals surface area contributed by atoms with Crippen LogP contribution in [0.5, 0.6) is 5.75 Å². The van der Waals surface area contributed by atoms with Crippen LogP contribution >= 0.6 is 0 Å². The Kier molecular flexibility index (Phi) is 5.10. The van der Waals surface area contributed by atoms with Gasteiger partial charge in [0, 0.05) is 22.5 Å². The Hall–Kier alpha value is -4.46. The van der Waals surface area contributed by atoms with E-state index in [0.717, 1.165) is 0 Å². The average molecular weight is 441 g/mol. The number of phenols is 1. The highest BCUT2D eigenvalue weighted by molar-refractivity contribution is 6.06. The summed E-state index contributed by atoms with van der Waals surface area (Å²) in [6.07, 6.45) is 0. The van der Waals surface area contributed by atoms with Crippen LogP contribution in [0.2, 0.25) is 0 Å². The molecular formula is C25H20FN5O2. The summed E-state index contributed by atoms with van der Waals surface area (Å²) in [6.45, 7) is 1.75. The Morgan fingerprint density at radius 1 is 1.06 bits per heavy atom. The van der Waals surface area contributed by atoms with Crippen LogP contribution in [-0.2, 0) is 4.79 Å². The number of hydrogen-bond acceptors (Lipinski definition) is 5. The summed E-state index contributed by atoms with van der Waals surface area (Å²) in [4.78, 5) is 17.9. The predicted molar refractivity (Wildman–Crippen MR) is 123 cm³/mol. The van der Waals surface area contributed by atoms with Gasteiger partial charge in [0.2, 0.25) is 5.95 Å². The van der Waals surface area contributed by atoms with Crippen LogP contribution in [0.4, 0.5) is 16.0 Å². The first kappa shape index (κ1) is 20.4. The minimum absolute atomic E-state index is 0.0797. The second-order valence-corrected chi connectivity index (χ2v) is 7.66. The zero-order chi connectivity index (χ0) is 22.9. The fourth-order valence-corrected chi connectivity index (χ4v) is 3.92. The molecule has 1 aromatic heterocycles. The van der Waals surface area contributed by atoms with Gasteiger partial charge in [-0.15, -0.1) is 5.10 Å². The molecule has 7 nitrogen and oxygen atoms in total. The maximum absolute atomic E-state index is 15.0. The molecule has 0 saturated carbocycles. The number of nitrogens with zero attached hydrogens (tertiary/aromatic N) is 3. The van der Waals surface area contributed by atoms with Gasteiger partial charge in [0.15, 0.2) is 5.82 Å². The third-order valence-electron chi connectivity index (χ3n) is 5.43. The average Bonchev–Trinajstić information content (AvgIpc) is 3.23. The van der Waals surface area contributed by atoms with Crippen molar-refractivity contribution < 1.29 is 14.3 Å². The minimum atomic E-state index is -0.843. The lowest BCUT2D eigenvalue weighted by molar-refractivity contribution is -0.113. The van der Waals surface area contributed by atoms with Crippen LogP contribution in [0.3, 0.4) is 0 Å². The highest BCUT2D eigenvalue weighted by Gasteiger charge is 2.35. The van der Waals surface area contributed by atoms with E-state index in [2.05, 4.69) is 20.7 Å². The first-order valence-electron chi connectivity index (χ1n) is 10.4. The highest BCUT2D eigenvalue weighted by atomic mass is 19.1. The molecule has 1 unspecified atom stereocenters. The molecule has 0 saturated heterocycles. The van der Waals surface area contributed by atoms with E-state index >= 15 is 0 Å². The van der Waals surface area contributed by atoms with E-state index in [0.29, 0.717) is 39.9 Å². The molecule has 0 aliphatic carbocycles. The molecule has 1 aliphatic heterocycles. The smallest absolute Gasteiger partial charge is 0.255 e. The number of carbonyl (C=O) groups excluding carboxylic acids is 1. The topological polar surface area (TPSA) is 92.1 Å². The summed E-state index contributed by atoms with van der Waals surface area (Å²) >= 11 is 0. The van der Waals surface area contributed by atoms with Crippen molar-refractivity contribution in [3.05, 3.63) is 102 Å². The van der Waals surface area contributed by atoms with Crippen molar-refractivity contribution in [1.82, 2.24) is 14.8 Å². The number of para-hydroxylation sites is 1. The van der Waals surface area contributed by atoms with Gasteiger partial charge in [-0.1, -0.05) is 48.5 Å². The molecule has 0 fully saturated rings. The number of fused-ring (bicyclic) bond motifs is 1. The number of hydrogen-bond donors (Lipinski definition) is 3. The van der Waals surface area contributed by atoms with E-state index in [9.17, 15) is 14.3 Å². The zero-order valence-electron chi connectivity index (χ0n) is 17.7. The number of anilines is 2. The Morgan fingerprint density at radius 3 is 2.58 bits per heavy atom. The van der Waals surface area contributed by atoms with Gasteiger partial charge in [-0.2, -0.15) is 4.98 Å². The Morgan fingerprint density at radius 2 is 1.82 bits per heavy atom. The number of amides is 1. The summed E-state index contributed by atoms with van der Waals surface area (Å²) in [6, 6.07) is 21.1. The molecule has 1 amide bonds. The van der Waals surface area contributed by atoms with E-state index < -0.39 is 11.9 Å². The van der Waals surface area contributed by atoms with E-state index in [1.54, 1.807) is 61.5 Å². The number of aromatic hydroxyl groups is 1. The number of phenolic OH excluding ortho intramolecular Hbond substituents is 1. The Bertz CT molecular complexity index is 1380. The van der Waals surface area contributed by atoms with Crippen LogP contribution in [-0.4, -0.2) is 25.8 Å². The first-order valence-corrected chi connectivity index (χ1v) is 10.4. The molecule has 4 aromatic rings. The molecule has 33 heavy (non-hydrogen) atoms. The molecule has 0 radical (unpaired) electrons. The van der Waals surface area contributed by atoms with E-state index in [1.807, 2.05) is 18.2 Å². The van der Waals surface area contributed by atoms with Crippen LogP contribution in [0, 0.1) is 5.82 Å². The summed E-state index contributed by atoms with van der Waals surface area (Å²) in [5.41, 5.74) is 2.38. The van der Waals surface area contributed by atoms with Gasteiger partial charge in [-0.05, 0) is 37.3 Å². The van der Waals surface area contributed by atoms with Crippen molar-refractivity contribution in [2.45, 2.75) is 13.0 Å². The molecular weight excluding hydrogens is 421 g/mol. The number of carbonyl (C=O) groups is 1. The van der Waals surface area contributed by atoms with E-state index in [4.69, 9.17) is 0 Å². The number of benzene rings is 3. The van der Waals surface area contributed by atoms with Gasteiger partial charge in [0.05, 0.1) is 5.57 Å².